The van der Waals surface area contributed by atoms with E-state index >= 15 is 0 Å². The van der Waals surface area contributed by atoms with Gasteiger partial charge < -0.3 is 15.8 Å². The number of aryl methyl sites for hydroxylation is 1. The average Bonchev–Trinajstić information content (AvgIpc) is 3.22. The molecule has 0 fully saturated rings. The summed E-state index contributed by atoms with van der Waals surface area (Å²) in [7, 11) is 0. The fourth-order valence-electron chi connectivity index (χ4n) is 3.41. The molecule has 1 aliphatic carbocycles. The standard InChI is InChI=1S/C21H24N2O4S/c1-12(14-7-4-3-5-8-14)11-17(24)27-13(2)20(26)23-21-18(19(22)25)15-9-6-10-16(15)28-21/h3-5,7-8,12-13H,6,9-11H2,1-2H3,(H2,22,25)(H,23,26)/t12-,13+/m0/s1. The van der Waals surface area contributed by atoms with E-state index in [2.05, 4.69) is 5.32 Å². The Labute approximate surface area is 168 Å². The lowest BCUT2D eigenvalue weighted by Crippen LogP contribution is -2.30. The number of hydrogen-bond donors (Lipinski definition) is 2. The van der Waals surface area contributed by atoms with E-state index in [1.807, 2.05) is 37.3 Å². The highest BCUT2D eigenvalue weighted by molar-refractivity contribution is 7.17. The van der Waals surface area contributed by atoms with E-state index in [0.29, 0.717) is 10.6 Å². The van der Waals surface area contributed by atoms with Crippen molar-refractivity contribution < 1.29 is 19.1 Å². The molecular formula is C21H24N2O4S. The molecule has 0 bridgehead atoms. The molecule has 0 radical (unpaired) electrons. The maximum absolute atomic E-state index is 12.5. The molecule has 0 unspecified atom stereocenters. The van der Waals surface area contributed by atoms with Gasteiger partial charge in [-0.3, -0.25) is 14.4 Å². The van der Waals surface area contributed by atoms with Crippen molar-refractivity contribution in [3.05, 3.63) is 51.9 Å². The van der Waals surface area contributed by atoms with E-state index in [1.54, 1.807) is 0 Å². The van der Waals surface area contributed by atoms with E-state index in [-0.39, 0.29) is 12.3 Å². The second-order valence-electron chi connectivity index (χ2n) is 7.06. The normalized spacial score (nSPS) is 14.8. The first-order valence-corrected chi connectivity index (χ1v) is 10.2. The topological polar surface area (TPSA) is 98.5 Å². The third-order valence-corrected chi connectivity index (χ3v) is 6.13. The maximum Gasteiger partial charge on any atom is 0.307 e. The summed E-state index contributed by atoms with van der Waals surface area (Å²) in [4.78, 5) is 37.6. The number of anilines is 1. The Morgan fingerprint density at radius 3 is 2.57 bits per heavy atom. The van der Waals surface area contributed by atoms with E-state index in [9.17, 15) is 14.4 Å². The van der Waals surface area contributed by atoms with E-state index in [1.165, 1.54) is 18.3 Å². The molecular weight excluding hydrogens is 376 g/mol. The van der Waals surface area contributed by atoms with E-state index in [0.717, 1.165) is 35.3 Å². The second kappa shape index (κ2) is 8.56. The van der Waals surface area contributed by atoms with Crippen LogP contribution in [0.25, 0.3) is 0 Å². The highest BCUT2D eigenvalue weighted by atomic mass is 32.1. The van der Waals surface area contributed by atoms with Crippen molar-refractivity contribution in [2.75, 3.05) is 5.32 Å². The summed E-state index contributed by atoms with van der Waals surface area (Å²) in [6, 6.07) is 9.66. The van der Waals surface area contributed by atoms with Crippen LogP contribution >= 0.6 is 11.3 Å². The Morgan fingerprint density at radius 1 is 1.18 bits per heavy atom. The molecule has 2 atom stereocenters. The van der Waals surface area contributed by atoms with Gasteiger partial charge in [-0.15, -0.1) is 11.3 Å². The smallest absolute Gasteiger partial charge is 0.307 e. The number of hydrogen-bond acceptors (Lipinski definition) is 5. The summed E-state index contributed by atoms with van der Waals surface area (Å²) in [5.74, 6) is -1.47. The number of nitrogens with two attached hydrogens (primary N) is 1. The lowest BCUT2D eigenvalue weighted by Gasteiger charge is -2.16. The quantitative estimate of drug-likeness (QED) is 0.696. The van der Waals surface area contributed by atoms with Crippen LogP contribution in [-0.2, 0) is 27.2 Å². The van der Waals surface area contributed by atoms with E-state index in [4.69, 9.17) is 10.5 Å². The van der Waals surface area contributed by atoms with Crippen LogP contribution < -0.4 is 11.1 Å². The lowest BCUT2D eigenvalue weighted by molar-refractivity contribution is -0.153. The zero-order valence-electron chi connectivity index (χ0n) is 16.0. The highest BCUT2D eigenvalue weighted by Crippen LogP contribution is 2.38. The van der Waals surface area contributed by atoms with Crippen molar-refractivity contribution in [2.24, 2.45) is 5.73 Å². The van der Waals surface area contributed by atoms with Gasteiger partial charge in [0.25, 0.3) is 11.8 Å². The summed E-state index contributed by atoms with van der Waals surface area (Å²) in [6.45, 7) is 3.46. The molecule has 1 aromatic carbocycles. The van der Waals surface area contributed by atoms with Gasteiger partial charge in [0.2, 0.25) is 0 Å². The Hall–Kier alpha value is -2.67. The number of thiophene rings is 1. The monoisotopic (exact) mass is 400 g/mol. The van der Waals surface area contributed by atoms with Crippen LogP contribution in [0.15, 0.2) is 30.3 Å². The summed E-state index contributed by atoms with van der Waals surface area (Å²) in [5, 5.41) is 3.16. The maximum atomic E-state index is 12.5. The van der Waals surface area contributed by atoms with Crippen LogP contribution in [0.4, 0.5) is 5.00 Å². The zero-order chi connectivity index (χ0) is 20.3. The molecule has 0 saturated heterocycles. The summed E-state index contributed by atoms with van der Waals surface area (Å²) in [6.07, 6.45) is 1.89. The molecule has 2 aromatic rings. The van der Waals surface area contributed by atoms with Crippen LogP contribution in [-0.4, -0.2) is 23.9 Å². The second-order valence-corrected chi connectivity index (χ2v) is 8.17. The average molecular weight is 401 g/mol. The Bertz CT molecular complexity index is 891. The highest BCUT2D eigenvalue weighted by Gasteiger charge is 2.28. The summed E-state index contributed by atoms with van der Waals surface area (Å²) in [5.41, 5.74) is 7.87. The van der Waals surface area contributed by atoms with Crippen molar-refractivity contribution >= 4 is 34.1 Å². The number of benzene rings is 1. The third-order valence-electron chi connectivity index (χ3n) is 4.92. The minimum absolute atomic E-state index is 0.00861. The molecule has 28 heavy (non-hydrogen) atoms. The van der Waals surface area contributed by atoms with Crippen LogP contribution in [0.1, 0.15) is 59.0 Å². The number of carbonyl (C=O) groups excluding carboxylic acids is 3. The molecule has 3 rings (SSSR count). The number of rotatable bonds is 7. The van der Waals surface area contributed by atoms with Crippen molar-refractivity contribution in [3.63, 3.8) is 0 Å². The fourth-order valence-corrected chi connectivity index (χ4v) is 4.71. The molecule has 0 aliphatic heterocycles. The number of amides is 2. The van der Waals surface area contributed by atoms with Crippen molar-refractivity contribution in [1.29, 1.82) is 0 Å². The first-order chi connectivity index (χ1) is 13.4. The lowest BCUT2D eigenvalue weighted by atomic mass is 9.98. The molecule has 3 N–H and O–H groups in total. The summed E-state index contributed by atoms with van der Waals surface area (Å²) < 4.78 is 5.29. The zero-order valence-corrected chi connectivity index (χ0v) is 16.8. The van der Waals surface area contributed by atoms with Gasteiger partial charge in [0.05, 0.1) is 12.0 Å². The third kappa shape index (κ3) is 4.42. The Balaban J connectivity index is 1.59. The van der Waals surface area contributed by atoms with Gasteiger partial charge in [0, 0.05) is 4.88 Å². The number of fused-ring (bicyclic) bond motifs is 1. The number of ether oxygens (including phenoxy) is 1. The molecule has 6 nitrogen and oxygen atoms in total. The minimum atomic E-state index is -0.965. The largest absolute Gasteiger partial charge is 0.453 e. The van der Waals surface area contributed by atoms with Gasteiger partial charge in [-0.05, 0) is 43.2 Å². The number of esters is 1. The van der Waals surface area contributed by atoms with Gasteiger partial charge in [0.15, 0.2) is 6.10 Å². The molecule has 1 aliphatic rings. The fraction of sp³-hybridized carbons (Fsp3) is 0.381. The molecule has 1 aromatic heterocycles. The molecule has 0 spiro atoms. The van der Waals surface area contributed by atoms with Gasteiger partial charge in [0.1, 0.15) is 5.00 Å². The van der Waals surface area contributed by atoms with Gasteiger partial charge >= 0.3 is 5.97 Å². The van der Waals surface area contributed by atoms with Crippen molar-refractivity contribution in [1.82, 2.24) is 0 Å². The molecule has 148 valence electrons. The van der Waals surface area contributed by atoms with Crippen molar-refractivity contribution in [2.45, 2.75) is 51.6 Å². The Morgan fingerprint density at radius 2 is 1.89 bits per heavy atom. The first kappa shape index (κ1) is 20.1. The van der Waals surface area contributed by atoms with Gasteiger partial charge in [-0.1, -0.05) is 37.3 Å². The van der Waals surface area contributed by atoms with Crippen LogP contribution in [0.2, 0.25) is 0 Å². The summed E-state index contributed by atoms with van der Waals surface area (Å²) >= 11 is 1.38. The minimum Gasteiger partial charge on any atom is -0.453 e. The van der Waals surface area contributed by atoms with E-state index < -0.39 is 23.9 Å². The SMILES string of the molecule is C[C@@H](OC(=O)C[C@H](C)c1ccccc1)C(=O)Nc1sc2c(c1C(N)=O)CCC2. The van der Waals surface area contributed by atoms with Crippen molar-refractivity contribution in [3.8, 4) is 0 Å². The molecule has 2 amide bonds. The number of carbonyl (C=O) groups is 3. The van der Waals surface area contributed by atoms with Crippen LogP contribution in [0.3, 0.4) is 0 Å². The van der Waals surface area contributed by atoms with Crippen LogP contribution in [0, 0.1) is 0 Å². The van der Waals surface area contributed by atoms with Gasteiger partial charge in [-0.2, -0.15) is 0 Å². The number of primary amides is 1. The first-order valence-electron chi connectivity index (χ1n) is 9.36. The van der Waals surface area contributed by atoms with Crippen LogP contribution in [0.5, 0.6) is 0 Å². The molecule has 7 heteroatoms. The molecule has 1 heterocycles. The number of nitrogens with one attached hydrogen (secondary N) is 1. The predicted octanol–water partition coefficient (Wildman–Crippen LogP) is 3.40. The predicted molar refractivity (Wildman–Crippen MR) is 109 cm³/mol. The molecule has 0 saturated carbocycles. The van der Waals surface area contributed by atoms with Gasteiger partial charge in [-0.25, -0.2) is 0 Å². The Kier molecular flexibility index (Phi) is 6.14.